The summed E-state index contributed by atoms with van der Waals surface area (Å²) in [6.45, 7) is 2.84. The molecule has 3 nitrogen and oxygen atoms in total. The highest BCUT2D eigenvalue weighted by Gasteiger charge is 2.24. The predicted molar refractivity (Wildman–Crippen MR) is 86.3 cm³/mol. The van der Waals surface area contributed by atoms with Gasteiger partial charge in [0.1, 0.15) is 5.82 Å². The highest BCUT2D eigenvalue weighted by atomic mass is 35.5. The molecule has 1 aliphatic rings. The molecule has 1 aliphatic heterocycles. The molecular formula is C16H21ClFN3. The van der Waals surface area contributed by atoms with Crippen molar-refractivity contribution in [2.24, 2.45) is 0 Å². The second-order valence-electron chi connectivity index (χ2n) is 5.46. The number of aromatic nitrogens is 1. The SMILES string of the molecule is CNCC1CCCN1Cc1cc(F)cc2cccnc12.Cl. The first-order chi connectivity index (χ1) is 9.78. The lowest BCUT2D eigenvalue weighted by atomic mass is 10.1. The molecule has 5 heteroatoms. The van der Waals surface area contributed by atoms with Gasteiger partial charge in [-0.3, -0.25) is 9.88 Å². The van der Waals surface area contributed by atoms with E-state index in [0.717, 1.165) is 36.1 Å². The van der Waals surface area contributed by atoms with Gasteiger partial charge in [-0.1, -0.05) is 6.07 Å². The van der Waals surface area contributed by atoms with E-state index < -0.39 is 0 Å². The molecule has 1 unspecified atom stereocenters. The Hall–Kier alpha value is -1.23. The lowest BCUT2D eigenvalue weighted by molar-refractivity contribution is 0.243. The van der Waals surface area contributed by atoms with Gasteiger partial charge in [0.25, 0.3) is 0 Å². The summed E-state index contributed by atoms with van der Waals surface area (Å²) in [5, 5.41) is 4.12. The maximum atomic E-state index is 13.8. The number of benzene rings is 1. The van der Waals surface area contributed by atoms with E-state index in [1.807, 2.05) is 19.2 Å². The van der Waals surface area contributed by atoms with E-state index in [4.69, 9.17) is 0 Å². The second kappa shape index (κ2) is 7.16. The first kappa shape index (κ1) is 16.1. The Labute approximate surface area is 131 Å². The highest BCUT2D eigenvalue weighted by Crippen LogP contribution is 2.24. The Morgan fingerprint density at radius 3 is 3.10 bits per heavy atom. The van der Waals surface area contributed by atoms with E-state index in [9.17, 15) is 4.39 Å². The third-order valence-corrected chi connectivity index (χ3v) is 4.06. The summed E-state index contributed by atoms with van der Waals surface area (Å²) < 4.78 is 13.8. The maximum absolute atomic E-state index is 13.8. The number of hydrogen-bond donors (Lipinski definition) is 1. The highest BCUT2D eigenvalue weighted by molar-refractivity contribution is 5.85. The minimum atomic E-state index is -0.176. The Balaban J connectivity index is 0.00000161. The fraction of sp³-hybridized carbons (Fsp3) is 0.438. The molecule has 114 valence electrons. The number of hydrogen-bond acceptors (Lipinski definition) is 3. The van der Waals surface area contributed by atoms with Crippen LogP contribution in [0.4, 0.5) is 4.39 Å². The third kappa shape index (κ3) is 3.51. The molecule has 1 fully saturated rings. The normalized spacial score (nSPS) is 18.9. The van der Waals surface area contributed by atoms with Gasteiger partial charge in [0.2, 0.25) is 0 Å². The summed E-state index contributed by atoms with van der Waals surface area (Å²) in [5.41, 5.74) is 1.91. The van der Waals surface area contributed by atoms with Gasteiger partial charge in [-0.25, -0.2) is 4.39 Å². The quantitative estimate of drug-likeness (QED) is 0.941. The summed E-state index contributed by atoms with van der Waals surface area (Å²) >= 11 is 0. The molecule has 2 aromatic rings. The fourth-order valence-electron chi connectivity index (χ4n) is 3.14. The van der Waals surface area contributed by atoms with Crippen molar-refractivity contribution in [3.05, 3.63) is 41.8 Å². The average molecular weight is 310 g/mol. The molecule has 0 aliphatic carbocycles. The second-order valence-corrected chi connectivity index (χ2v) is 5.46. The Bertz CT molecular complexity index is 605. The number of rotatable bonds is 4. The van der Waals surface area contributed by atoms with Crippen LogP contribution < -0.4 is 5.32 Å². The molecule has 2 heterocycles. The molecule has 0 amide bonds. The van der Waals surface area contributed by atoms with Gasteiger partial charge in [-0.2, -0.15) is 0 Å². The van der Waals surface area contributed by atoms with E-state index in [0.29, 0.717) is 6.04 Å². The van der Waals surface area contributed by atoms with Crippen LogP contribution in [0.25, 0.3) is 10.9 Å². The first-order valence-electron chi connectivity index (χ1n) is 7.20. The van der Waals surface area contributed by atoms with Crippen molar-refractivity contribution in [1.82, 2.24) is 15.2 Å². The Kier molecular flexibility index (Phi) is 5.51. The number of nitrogens with zero attached hydrogens (tertiary/aromatic N) is 2. The van der Waals surface area contributed by atoms with E-state index in [1.165, 1.54) is 12.8 Å². The van der Waals surface area contributed by atoms with Crippen LogP contribution in [-0.4, -0.2) is 36.1 Å². The molecule has 1 atom stereocenters. The van der Waals surface area contributed by atoms with Crippen molar-refractivity contribution in [3.63, 3.8) is 0 Å². The summed E-state index contributed by atoms with van der Waals surface area (Å²) in [5.74, 6) is -0.176. The van der Waals surface area contributed by atoms with Crippen LogP contribution in [0.5, 0.6) is 0 Å². The zero-order valence-corrected chi connectivity index (χ0v) is 13.0. The number of fused-ring (bicyclic) bond motifs is 1. The van der Waals surface area contributed by atoms with Gasteiger partial charge in [-0.05, 0) is 50.2 Å². The topological polar surface area (TPSA) is 28.2 Å². The lowest BCUT2D eigenvalue weighted by Gasteiger charge is -2.24. The number of likely N-dealkylation sites (N-methyl/N-ethyl adjacent to an activating group) is 1. The number of halogens is 2. The molecule has 1 saturated heterocycles. The number of pyridine rings is 1. The molecule has 0 saturated carbocycles. The van der Waals surface area contributed by atoms with E-state index in [1.54, 1.807) is 18.3 Å². The monoisotopic (exact) mass is 309 g/mol. The largest absolute Gasteiger partial charge is 0.318 e. The van der Waals surface area contributed by atoms with Crippen LogP contribution in [-0.2, 0) is 6.54 Å². The van der Waals surface area contributed by atoms with E-state index >= 15 is 0 Å². The van der Waals surface area contributed by atoms with Crippen LogP contribution >= 0.6 is 12.4 Å². The average Bonchev–Trinajstić information content (AvgIpc) is 2.86. The minimum Gasteiger partial charge on any atom is -0.318 e. The zero-order chi connectivity index (χ0) is 13.9. The van der Waals surface area contributed by atoms with E-state index in [2.05, 4.69) is 15.2 Å². The Morgan fingerprint density at radius 2 is 2.29 bits per heavy atom. The van der Waals surface area contributed by atoms with Gasteiger partial charge in [0, 0.05) is 30.7 Å². The van der Waals surface area contributed by atoms with Crippen molar-refractivity contribution in [2.45, 2.75) is 25.4 Å². The van der Waals surface area contributed by atoms with Crippen LogP contribution in [0.3, 0.4) is 0 Å². The van der Waals surface area contributed by atoms with Crippen molar-refractivity contribution in [3.8, 4) is 0 Å². The van der Waals surface area contributed by atoms with Gasteiger partial charge < -0.3 is 5.32 Å². The van der Waals surface area contributed by atoms with Crippen molar-refractivity contribution < 1.29 is 4.39 Å². The standard InChI is InChI=1S/C16H20FN3.ClH/c1-18-10-15-5-3-7-20(15)11-13-9-14(17)8-12-4-2-6-19-16(12)13;/h2,4,6,8-9,15,18H,3,5,7,10-11H2,1H3;1H. The van der Waals surface area contributed by atoms with Crippen LogP contribution in [0.1, 0.15) is 18.4 Å². The minimum absolute atomic E-state index is 0. The molecule has 1 aromatic carbocycles. The van der Waals surface area contributed by atoms with Gasteiger partial charge in [0.15, 0.2) is 0 Å². The summed E-state index contributed by atoms with van der Waals surface area (Å²) in [4.78, 5) is 6.86. The summed E-state index contributed by atoms with van der Waals surface area (Å²) in [7, 11) is 1.98. The van der Waals surface area contributed by atoms with Gasteiger partial charge in [0.05, 0.1) is 5.52 Å². The Morgan fingerprint density at radius 1 is 1.43 bits per heavy atom. The first-order valence-corrected chi connectivity index (χ1v) is 7.20. The molecule has 0 spiro atoms. The molecule has 1 aromatic heterocycles. The van der Waals surface area contributed by atoms with Crippen molar-refractivity contribution >= 4 is 23.3 Å². The smallest absolute Gasteiger partial charge is 0.124 e. The summed E-state index contributed by atoms with van der Waals surface area (Å²) in [6, 6.07) is 7.50. The van der Waals surface area contributed by atoms with Gasteiger partial charge >= 0.3 is 0 Å². The molecule has 1 N–H and O–H groups in total. The van der Waals surface area contributed by atoms with Crippen LogP contribution in [0, 0.1) is 5.82 Å². The van der Waals surface area contributed by atoms with Crippen molar-refractivity contribution in [2.75, 3.05) is 20.1 Å². The molecular weight excluding hydrogens is 289 g/mol. The molecule has 0 radical (unpaired) electrons. The zero-order valence-electron chi connectivity index (χ0n) is 12.2. The number of nitrogens with one attached hydrogen (secondary N) is 1. The van der Waals surface area contributed by atoms with Crippen LogP contribution in [0.2, 0.25) is 0 Å². The number of likely N-dealkylation sites (tertiary alicyclic amines) is 1. The van der Waals surface area contributed by atoms with Crippen LogP contribution in [0.15, 0.2) is 30.5 Å². The lowest BCUT2D eigenvalue weighted by Crippen LogP contribution is -2.36. The predicted octanol–water partition coefficient (Wildman–Crippen LogP) is 2.98. The summed E-state index contributed by atoms with van der Waals surface area (Å²) in [6.07, 6.45) is 4.20. The molecule has 21 heavy (non-hydrogen) atoms. The maximum Gasteiger partial charge on any atom is 0.124 e. The third-order valence-electron chi connectivity index (χ3n) is 4.06. The van der Waals surface area contributed by atoms with Gasteiger partial charge in [-0.15, -0.1) is 12.4 Å². The molecule has 3 rings (SSSR count). The fourth-order valence-corrected chi connectivity index (χ4v) is 3.14. The van der Waals surface area contributed by atoms with E-state index in [-0.39, 0.29) is 18.2 Å². The van der Waals surface area contributed by atoms with Crippen molar-refractivity contribution in [1.29, 1.82) is 0 Å². The molecule has 0 bridgehead atoms.